The van der Waals surface area contributed by atoms with Gasteiger partial charge in [-0.3, -0.25) is 14.9 Å². The Kier molecular flexibility index (Phi) is 2.66. The Hall–Kier alpha value is -2.22. The second-order valence-corrected chi connectivity index (χ2v) is 5.58. The fraction of sp³-hybridized carbons (Fsp3) is 0.100. The van der Waals surface area contributed by atoms with Crippen molar-refractivity contribution in [3.8, 4) is 0 Å². The minimum atomic E-state index is -3.63. The molecule has 7 nitrogen and oxygen atoms in total. The first-order chi connectivity index (χ1) is 8.34. The van der Waals surface area contributed by atoms with Gasteiger partial charge in [-0.1, -0.05) is 0 Å². The summed E-state index contributed by atoms with van der Waals surface area (Å²) in [7, 11) is -3.63. The molecule has 18 heavy (non-hydrogen) atoms. The third kappa shape index (κ3) is 1.86. The molecule has 1 heterocycles. The van der Waals surface area contributed by atoms with Crippen LogP contribution in [0.3, 0.4) is 0 Å². The van der Waals surface area contributed by atoms with Crippen molar-refractivity contribution in [2.75, 3.05) is 6.26 Å². The number of carbonyl (C=O) groups excluding carboxylic acids is 1. The predicted molar refractivity (Wildman–Crippen MR) is 64.2 cm³/mol. The third-order valence-electron chi connectivity index (χ3n) is 2.48. The van der Waals surface area contributed by atoms with Crippen molar-refractivity contribution in [1.29, 1.82) is 0 Å². The summed E-state index contributed by atoms with van der Waals surface area (Å²) in [6.45, 7) is 0. The monoisotopic (exact) mass is 268 g/mol. The quantitative estimate of drug-likeness (QED) is 0.472. The van der Waals surface area contributed by atoms with Gasteiger partial charge in [-0.05, 0) is 6.07 Å². The number of hydrogen-bond acceptors (Lipinski definition) is 5. The minimum absolute atomic E-state index is 0.119. The van der Waals surface area contributed by atoms with Gasteiger partial charge < -0.3 is 0 Å². The number of nitro benzene ring substituents is 1. The molecule has 0 radical (unpaired) electrons. The molecule has 0 unspecified atom stereocenters. The molecule has 0 aliphatic carbocycles. The molecule has 0 bridgehead atoms. The van der Waals surface area contributed by atoms with E-state index in [4.69, 9.17) is 0 Å². The van der Waals surface area contributed by atoms with E-state index in [0.29, 0.717) is 11.7 Å². The Morgan fingerprint density at radius 1 is 1.39 bits per heavy atom. The van der Waals surface area contributed by atoms with Gasteiger partial charge in [0.1, 0.15) is 0 Å². The summed E-state index contributed by atoms with van der Waals surface area (Å²) in [5.41, 5.74) is 0.0575. The SMILES string of the molecule is CS(=O)(=O)n1cc(C=O)c2ccc([N+](=O)[O-])cc21. The minimum Gasteiger partial charge on any atom is -0.298 e. The summed E-state index contributed by atoms with van der Waals surface area (Å²) in [5.74, 6) is 0. The molecular formula is C10H8N2O5S. The van der Waals surface area contributed by atoms with Crippen LogP contribution in [-0.2, 0) is 10.0 Å². The Bertz CT molecular complexity index is 760. The summed E-state index contributed by atoms with van der Waals surface area (Å²) in [5, 5.41) is 11.0. The molecule has 2 rings (SSSR count). The third-order valence-corrected chi connectivity index (χ3v) is 3.50. The van der Waals surface area contributed by atoms with Gasteiger partial charge in [0, 0.05) is 29.3 Å². The van der Waals surface area contributed by atoms with Gasteiger partial charge >= 0.3 is 0 Å². The van der Waals surface area contributed by atoms with Crippen LogP contribution in [0.4, 0.5) is 5.69 Å². The molecule has 0 saturated heterocycles. The highest BCUT2D eigenvalue weighted by Gasteiger charge is 2.17. The van der Waals surface area contributed by atoms with E-state index in [1.165, 1.54) is 12.1 Å². The first kappa shape index (κ1) is 12.2. The summed E-state index contributed by atoms with van der Waals surface area (Å²) in [6, 6.07) is 3.71. The van der Waals surface area contributed by atoms with E-state index in [2.05, 4.69) is 0 Å². The van der Waals surface area contributed by atoms with Crippen LogP contribution in [0.25, 0.3) is 10.9 Å². The first-order valence-electron chi connectivity index (χ1n) is 4.80. The second kappa shape index (κ2) is 3.91. The molecule has 0 aliphatic rings. The van der Waals surface area contributed by atoms with Crippen molar-refractivity contribution in [2.24, 2.45) is 0 Å². The number of nitro groups is 1. The van der Waals surface area contributed by atoms with E-state index in [1.807, 2.05) is 0 Å². The Morgan fingerprint density at radius 3 is 2.56 bits per heavy atom. The van der Waals surface area contributed by atoms with E-state index in [9.17, 15) is 23.3 Å². The van der Waals surface area contributed by atoms with Gasteiger partial charge in [-0.25, -0.2) is 12.4 Å². The average Bonchev–Trinajstić information content (AvgIpc) is 2.66. The van der Waals surface area contributed by atoms with Gasteiger partial charge in [0.15, 0.2) is 6.29 Å². The van der Waals surface area contributed by atoms with Crippen molar-refractivity contribution in [3.63, 3.8) is 0 Å². The first-order valence-corrected chi connectivity index (χ1v) is 6.64. The maximum atomic E-state index is 11.5. The molecule has 0 N–H and O–H groups in total. The molecule has 0 aliphatic heterocycles. The Morgan fingerprint density at radius 2 is 2.06 bits per heavy atom. The number of non-ortho nitro benzene ring substituents is 1. The van der Waals surface area contributed by atoms with Gasteiger partial charge in [-0.2, -0.15) is 0 Å². The van der Waals surface area contributed by atoms with Gasteiger partial charge in [0.25, 0.3) is 5.69 Å². The summed E-state index contributed by atoms with van der Waals surface area (Å²) in [4.78, 5) is 20.9. The zero-order valence-corrected chi connectivity index (χ0v) is 10.0. The average molecular weight is 268 g/mol. The van der Waals surface area contributed by atoms with E-state index in [0.717, 1.165) is 22.5 Å². The lowest BCUT2D eigenvalue weighted by Gasteiger charge is -2.01. The highest BCUT2D eigenvalue weighted by atomic mass is 32.2. The largest absolute Gasteiger partial charge is 0.298 e. The molecule has 0 atom stereocenters. The van der Waals surface area contributed by atoms with Crippen LogP contribution < -0.4 is 0 Å². The lowest BCUT2D eigenvalue weighted by molar-refractivity contribution is -0.384. The number of carbonyl (C=O) groups is 1. The smallest absolute Gasteiger partial charge is 0.271 e. The summed E-state index contributed by atoms with van der Waals surface area (Å²) < 4.78 is 23.9. The Balaban J connectivity index is 2.91. The fourth-order valence-corrected chi connectivity index (χ4v) is 2.51. The van der Waals surface area contributed by atoms with Crippen LogP contribution in [0.5, 0.6) is 0 Å². The molecular weight excluding hydrogens is 260 g/mol. The fourth-order valence-electron chi connectivity index (χ4n) is 1.69. The van der Waals surface area contributed by atoms with Crippen molar-refractivity contribution < 1.29 is 18.1 Å². The predicted octanol–water partition coefficient (Wildman–Crippen LogP) is 1.17. The lowest BCUT2D eigenvalue weighted by atomic mass is 10.2. The summed E-state index contributed by atoms with van der Waals surface area (Å²) >= 11 is 0. The van der Waals surface area contributed by atoms with E-state index < -0.39 is 14.9 Å². The maximum Gasteiger partial charge on any atom is 0.271 e. The van der Waals surface area contributed by atoms with E-state index >= 15 is 0 Å². The molecule has 0 spiro atoms. The van der Waals surface area contributed by atoms with Crippen molar-refractivity contribution in [1.82, 2.24) is 3.97 Å². The highest BCUT2D eigenvalue weighted by Crippen LogP contribution is 2.25. The zero-order chi connectivity index (χ0) is 13.5. The molecule has 8 heteroatoms. The van der Waals surface area contributed by atoms with Crippen LogP contribution in [0.1, 0.15) is 10.4 Å². The summed E-state index contributed by atoms with van der Waals surface area (Å²) in [6.07, 6.45) is 2.62. The molecule has 94 valence electrons. The number of fused-ring (bicyclic) bond motifs is 1. The van der Waals surface area contributed by atoms with Crippen LogP contribution in [0, 0.1) is 10.1 Å². The number of nitrogens with zero attached hydrogens (tertiary/aromatic N) is 2. The second-order valence-electron chi connectivity index (χ2n) is 3.72. The molecule has 0 amide bonds. The number of hydrogen-bond donors (Lipinski definition) is 0. The van der Waals surface area contributed by atoms with Crippen LogP contribution in [-0.4, -0.2) is 29.9 Å². The standard InChI is InChI=1S/C10H8N2O5S/c1-18(16,17)11-5-7(6-13)9-3-2-8(12(14)15)4-10(9)11/h2-6H,1H3. The van der Waals surface area contributed by atoms with Gasteiger partial charge in [-0.15, -0.1) is 0 Å². The number of aldehydes is 1. The molecule has 2 aromatic rings. The topological polar surface area (TPSA) is 99.3 Å². The number of benzene rings is 1. The maximum absolute atomic E-state index is 11.5. The van der Waals surface area contributed by atoms with Gasteiger partial charge in [0.05, 0.1) is 16.7 Å². The van der Waals surface area contributed by atoms with Crippen LogP contribution in [0.2, 0.25) is 0 Å². The molecule has 1 aromatic carbocycles. The van der Waals surface area contributed by atoms with Crippen molar-refractivity contribution in [3.05, 3.63) is 40.1 Å². The molecule has 0 fully saturated rings. The Labute approximate surface area is 102 Å². The highest BCUT2D eigenvalue weighted by molar-refractivity contribution is 7.89. The number of aromatic nitrogens is 1. The van der Waals surface area contributed by atoms with Crippen molar-refractivity contribution in [2.45, 2.75) is 0 Å². The molecule has 0 saturated carbocycles. The normalized spacial score (nSPS) is 11.6. The van der Waals surface area contributed by atoms with Crippen LogP contribution in [0.15, 0.2) is 24.4 Å². The van der Waals surface area contributed by atoms with Crippen LogP contribution >= 0.6 is 0 Å². The van der Waals surface area contributed by atoms with E-state index in [-0.39, 0.29) is 16.8 Å². The van der Waals surface area contributed by atoms with Crippen molar-refractivity contribution >= 4 is 32.9 Å². The van der Waals surface area contributed by atoms with E-state index in [1.54, 1.807) is 0 Å². The van der Waals surface area contributed by atoms with Gasteiger partial charge in [0.2, 0.25) is 10.0 Å². The molecule has 1 aromatic heterocycles. The number of rotatable bonds is 3. The lowest BCUT2D eigenvalue weighted by Crippen LogP contribution is -2.08. The zero-order valence-electron chi connectivity index (χ0n) is 9.23.